The highest BCUT2D eigenvalue weighted by atomic mass is 32.2. The molecule has 0 atom stereocenters. The summed E-state index contributed by atoms with van der Waals surface area (Å²) in [7, 11) is 0. The number of hydrogen-bond donors (Lipinski definition) is 0. The summed E-state index contributed by atoms with van der Waals surface area (Å²) >= 11 is 2.20. The van der Waals surface area contributed by atoms with Gasteiger partial charge in [-0.05, 0) is 69.0 Å². The minimum Gasteiger partial charge on any atom is -0.159 e. The number of hydrogen-bond acceptors (Lipinski definition) is 1. The molecular formula is C23H44S. The molecule has 0 amide bonds. The second-order valence-corrected chi connectivity index (χ2v) is 10.2. The molecule has 0 nitrogen and oxygen atoms in total. The first-order chi connectivity index (χ1) is 11.7. The van der Waals surface area contributed by atoms with Gasteiger partial charge in [0.05, 0.1) is 0 Å². The Morgan fingerprint density at radius 2 is 1.33 bits per heavy atom. The van der Waals surface area contributed by atoms with Crippen molar-refractivity contribution in [2.24, 2.45) is 17.8 Å². The normalized spacial score (nSPS) is 34.4. The van der Waals surface area contributed by atoms with Crippen LogP contribution in [-0.2, 0) is 0 Å². The first kappa shape index (κ1) is 20.7. The monoisotopic (exact) mass is 352 g/mol. The summed E-state index contributed by atoms with van der Waals surface area (Å²) in [5, 5.41) is 0. The van der Waals surface area contributed by atoms with Crippen molar-refractivity contribution in [3.05, 3.63) is 0 Å². The molecule has 2 fully saturated rings. The molecule has 0 aromatic rings. The van der Waals surface area contributed by atoms with Crippen LogP contribution < -0.4 is 0 Å². The zero-order chi connectivity index (χ0) is 17.3. The maximum absolute atomic E-state index is 2.38. The van der Waals surface area contributed by atoms with Crippen molar-refractivity contribution in [2.45, 2.75) is 121 Å². The Morgan fingerprint density at radius 1 is 0.750 bits per heavy atom. The van der Waals surface area contributed by atoms with E-state index in [2.05, 4.69) is 31.9 Å². The molecule has 2 aliphatic rings. The highest BCUT2D eigenvalue weighted by Crippen LogP contribution is 2.48. The van der Waals surface area contributed by atoms with Crippen LogP contribution in [0.5, 0.6) is 0 Å². The molecule has 0 spiro atoms. The summed E-state index contributed by atoms with van der Waals surface area (Å²) < 4.78 is 0.656. The van der Waals surface area contributed by atoms with E-state index in [4.69, 9.17) is 0 Å². The summed E-state index contributed by atoms with van der Waals surface area (Å²) in [4.78, 5) is 0. The third kappa shape index (κ3) is 6.26. The van der Waals surface area contributed by atoms with Crippen molar-refractivity contribution in [1.82, 2.24) is 0 Å². The van der Waals surface area contributed by atoms with Gasteiger partial charge in [-0.1, -0.05) is 71.6 Å². The quantitative estimate of drug-likeness (QED) is 0.357. The molecule has 1 heteroatoms. The summed E-state index contributed by atoms with van der Waals surface area (Å²) in [5.74, 6) is 3.24. The van der Waals surface area contributed by atoms with Crippen LogP contribution in [-0.4, -0.2) is 11.0 Å². The van der Waals surface area contributed by atoms with E-state index < -0.39 is 0 Å². The Hall–Kier alpha value is 0.350. The summed E-state index contributed by atoms with van der Waals surface area (Å²) in [6, 6.07) is 0. The van der Waals surface area contributed by atoms with E-state index in [1.165, 1.54) is 77.0 Å². The van der Waals surface area contributed by atoms with Crippen LogP contribution in [0.2, 0.25) is 0 Å². The molecule has 0 heterocycles. The van der Waals surface area contributed by atoms with Crippen molar-refractivity contribution in [3.8, 4) is 0 Å². The van der Waals surface area contributed by atoms with Gasteiger partial charge in [-0.2, -0.15) is 11.8 Å². The first-order valence-corrected chi connectivity index (χ1v) is 12.5. The first-order valence-electron chi connectivity index (χ1n) is 11.3. The molecule has 2 saturated carbocycles. The zero-order valence-electron chi connectivity index (χ0n) is 17.0. The lowest BCUT2D eigenvalue weighted by Gasteiger charge is -2.43. The third-order valence-electron chi connectivity index (χ3n) is 7.38. The molecule has 0 aromatic carbocycles. The average Bonchev–Trinajstić information content (AvgIpc) is 2.63. The minimum absolute atomic E-state index is 0.656. The van der Waals surface area contributed by atoms with Crippen molar-refractivity contribution in [3.63, 3.8) is 0 Å². The molecule has 0 N–H and O–H groups in total. The van der Waals surface area contributed by atoms with Gasteiger partial charge in [-0.3, -0.25) is 0 Å². The van der Waals surface area contributed by atoms with Crippen LogP contribution in [0.25, 0.3) is 0 Å². The van der Waals surface area contributed by atoms with Gasteiger partial charge in [-0.25, -0.2) is 0 Å². The lowest BCUT2D eigenvalue weighted by molar-refractivity contribution is 0.148. The maximum atomic E-state index is 2.38. The van der Waals surface area contributed by atoms with Gasteiger partial charge in [-0.15, -0.1) is 0 Å². The molecular weight excluding hydrogens is 308 g/mol. The average molecular weight is 353 g/mol. The number of rotatable bonds is 10. The predicted molar refractivity (Wildman–Crippen MR) is 112 cm³/mol. The lowest BCUT2D eigenvalue weighted by atomic mass is 9.68. The molecule has 24 heavy (non-hydrogen) atoms. The Labute approximate surface area is 157 Å². The van der Waals surface area contributed by atoms with Crippen LogP contribution in [0.4, 0.5) is 0 Å². The maximum Gasteiger partial charge on any atom is 0.0157 e. The van der Waals surface area contributed by atoms with Crippen LogP contribution >= 0.6 is 11.8 Å². The van der Waals surface area contributed by atoms with Crippen LogP contribution in [0.15, 0.2) is 0 Å². The fraction of sp³-hybridized carbons (Fsp3) is 1.00. The highest BCUT2D eigenvalue weighted by Gasteiger charge is 2.37. The van der Waals surface area contributed by atoms with E-state index in [1.807, 2.05) is 0 Å². The van der Waals surface area contributed by atoms with E-state index in [-0.39, 0.29) is 0 Å². The van der Waals surface area contributed by atoms with Gasteiger partial charge in [0.15, 0.2) is 0 Å². The summed E-state index contributed by atoms with van der Waals surface area (Å²) in [6.45, 7) is 4.66. The number of unbranched alkanes of at least 4 members (excludes halogenated alkanes) is 4. The van der Waals surface area contributed by atoms with Crippen molar-refractivity contribution < 1.29 is 0 Å². The number of thioether (sulfide) groups is 1. The van der Waals surface area contributed by atoms with E-state index >= 15 is 0 Å². The van der Waals surface area contributed by atoms with Crippen molar-refractivity contribution >= 4 is 11.8 Å². The highest BCUT2D eigenvalue weighted by molar-refractivity contribution is 8.00. The third-order valence-corrected chi connectivity index (χ3v) is 8.86. The fourth-order valence-corrected chi connectivity index (χ4v) is 6.51. The Balaban J connectivity index is 1.69. The second kappa shape index (κ2) is 11.1. The van der Waals surface area contributed by atoms with Gasteiger partial charge < -0.3 is 0 Å². The predicted octanol–water partition coefficient (Wildman–Crippen LogP) is 8.25. The largest absolute Gasteiger partial charge is 0.159 e. The lowest BCUT2D eigenvalue weighted by Crippen LogP contribution is -2.34. The zero-order valence-corrected chi connectivity index (χ0v) is 17.8. The second-order valence-electron chi connectivity index (χ2n) is 8.96. The smallest absolute Gasteiger partial charge is 0.0157 e. The molecule has 0 radical (unpaired) electrons. The summed E-state index contributed by atoms with van der Waals surface area (Å²) in [6.07, 6.45) is 26.3. The van der Waals surface area contributed by atoms with Gasteiger partial charge in [0, 0.05) is 4.75 Å². The van der Waals surface area contributed by atoms with Crippen molar-refractivity contribution in [2.75, 3.05) is 6.26 Å². The molecule has 142 valence electrons. The Bertz CT molecular complexity index is 308. The van der Waals surface area contributed by atoms with E-state index in [0.717, 1.165) is 17.8 Å². The molecule has 2 aliphatic carbocycles. The van der Waals surface area contributed by atoms with Crippen LogP contribution in [0, 0.1) is 17.8 Å². The standard InChI is InChI=1S/C23H44S/c1-4-6-8-10-20-11-13-21(14-12-20)22-15-18-23(24-3,19-16-22)17-9-7-5-2/h20-22H,4-19H2,1-3H3. The van der Waals surface area contributed by atoms with Gasteiger partial charge in [0.25, 0.3) is 0 Å². The van der Waals surface area contributed by atoms with Gasteiger partial charge in [0.1, 0.15) is 0 Å². The minimum atomic E-state index is 0.656. The SMILES string of the molecule is CCCCCC1CCC(C2CCC(CCCCC)(SC)CC2)CC1. The van der Waals surface area contributed by atoms with Crippen LogP contribution in [0.3, 0.4) is 0 Å². The van der Waals surface area contributed by atoms with E-state index in [9.17, 15) is 0 Å². The van der Waals surface area contributed by atoms with E-state index in [1.54, 1.807) is 25.7 Å². The molecule has 0 bridgehead atoms. The fourth-order valence-electron chi connectivity index (χ4n) is 5.52. The topological polar surface area (TPSA) is 0 Å². The Morgan fingerprint density at radius 3 is 1.92 bits per heavy atom. The van der Waals surface area contributed by atoms with Gasteiger partial charge >= 0.3 is 0 Å². The molecule has 0 unspecified atom stereocenters. The molecule has 0 saturated heterocycles. The van der Waals surface area contributed by atoms with Gasteiger partial charge in [0.2, 0.25) is 0 Å². The van der Waals surface area contributed by atoms with Crippen LogP contribution in [0.1, 0.15) is 117 Å². The summed E-state index contributed by atoms with van der Waals surface area (Å²) in [5.41, 5.74) is 0. The molecule has 0 aliphatic heterocycles. The Kier molecular flexibility index (Phi) is 9.59. The van der Waals surface area contributed by atoms with Crippen molar-refractivity contribution in [1.29, 1.82) is 0 Å². The van der Waals surface area contributed by atoms with E-state index in [0.29, 0.717) is 4.75 Å². The molecule has 0 aromatic heterocycles. The molecule has 2 rings (SSSR count).